The maximum Gasteiger partial charge on any atom is 0.403 e. The minimum absolute atomic E-state index is 0.139. The van der Waals surface area contributed by atoms with Crippen LogP contribution < -0.4 is 0 Å². The van der Waals surface area contributed by atoms with Crippen LogP contribution in [0.5, 0.6) is 0 Å². The summed E-state index contributed by atoms with van der Waals surface area (Å²) in [7, 11) is 3.17. The summed E-state index contributed by atoms with van der Waals surface area (Å²) in [6.45, 7) is 0. The van der Waals surface area contributed by atoms with Crippen molar-refractivity contribution in [1.29, 1.82) is 0 Å². The maximum absolute atomic E-state index is 12.4. The summed E-state index contributed by atoms with van der Waals surface area (Å²) < 4.78 is 37.1. The summed E-state index contributed by atoms with van der Waals surface area (Å²) in [6.07, 6.45) is -3.65. The molecule has 0 aromatic carbocycles. The number of alkyl halides is 3. The molecule has 0 aromatic rings. The molecule has 0 radical (unpaired) electrons. The van der Waals surface area contributed by atoms with E-state index in [2.05, 4.69) is 4.99 Å². The molecule has 3 nitrogen and oxygen atoms in total. The second-order valence-corrected chi connectivity index (χ2v) is 3.59. The van der Waals surface area contributed by atoms with E-state index in [9.17, 15) is 18.0 Å². The minimum atomic E-state index is -4.46. The lowest BCUT2D eigenvalue weighted by Gasteiger charge is -2.15. The number of halogens is 3. The first-order valence-corrected chi connectivity index (χ1v) is 4.11. The van der Waals surface area contributed by atoms with Crippen molar-refractivity contribution in [3.8, 4) is 0 Å². The van der Waals surface area contributed by atoms with Crippen molar-refractivity contribution in [2.45, 2.75) is 19.0 Å². The van der Waals surface area contributed by atoms with Crippen LogP contribution in [0.15, 0.2) is 4.99 Å². The first-order valence-electron chi connectivity index (χ1n) is 4.11. The van der Waals surface area contributed by atoms with Crippen LogP contribution in [0.2, 0.25) is 0 Å². The number of carbonyl (C=O) groups is 1. The molecule has 0 atom stereocenters. The van der Waals surface area contributed by atoms with Crippen LogP contribution in [0, 0.1) is 5.41 Å². The zero-order valence-corrected chi connectivity index (χ0v) is 7.93. The Morgan fingerprint density at radius 1 is 1.43 bits per heavy atom. The van der Waals surface area contributed by atoms with Gasteiger partial charge in [-0.3, -0.25) is 4.79 Å². The van der Waals surface area contributed by atoms with Crippen LogP contribution in [-0.4, -0.2) is 37.4 Å². The number of hydrogen-bond acceptors (Lipinski definition) is 1. The fourth-order valence-corrected chi connectivity index (χ4v) is 1.04. The smallest absolute Gasteiger partial charge is 0.369 e. The van der Waals surface area contributed by atoms with Crippen molar-refractivity contribution in [1.82, 2.24) is 4.90 Å². The van der Waals surface area contributed by atoms with Gasteiger partial charge in [-0.15, -0.1) is 0 Å². The molecule has 1 aliphatic rings. The third-order valence-electron chi connectivity index (χ3n) is 2.11. The molecule has 0 unspecified atom stereocenters. The molecule has 6 heteroatoms. The predicted octanol–water partition coefficient (Wildman–Crippen LogP) is 1.45. The normalized spacial score (nSPS) is 19.8. The Morgan fingerprint density at radius 2 is 1.93 bits per heavy atom. The van der Waals surface area contributed by atoms with E-state index in [0.717, 1.165) is 6.34 Å². The molecule has 0 heterocycles. The number of carbonyl (C=O) groups excluding carboxylic acids is 1. The van der Waals surface area contributed by atoms with E-state index in [1.165, 1.54) is 4.90 Å². The van der Waals surface area contributed by atoms with Crippen LogP contribution in [0.4, 0.5) is 13.2 Å². The fraction of sp³-hybridized carbons (Fsp3) is 0.750. The zero-order chi connectivity index (χ0) is 11.0. The highest BCUT2D eigenvalue weighted by atomic mass is 19.4. The van der Waals surface area contributed by atoms with Gasteiger partial charge in [0.25, 0.3) is 5.91 Å². The quantitative estimate of drug-likeness (QED) is 0.508. The molecule has 0 aromatic heterocycles. The second kappa shape index (κ2) is 3.25. The monoisotopic (exact) mass is 208 g/mol. The van der Waals surface area contributed by atoms with E-state index in [-0.39, 0.29) is 12.8 Å². The highest BCUT2D eigenvalue weighted by molar-refractivity contribution is 5.91. The Labute approximate surface area is 79.6 Å². The van der Waals surface area contributed by atoms with Crippen molar-refractivity contribution in [3.05, 3.63) is 0 Å². The van der Waals surface area contributed by atoms with Gasteiger partial charge >= 0.3 is 6.18 Å². The molecular weight excluding hydrogens is 197 g/mol. The van der Waals surface area contributed by atoms with E-state index in [1.54, 1.807) is 14.1 Å². The fourth-order valence-electron chi connectivity index (χ4n) is 1.04. The minimum Gasteiger partial charge on any atom is -0.369 e. The van der Waals surface area contributed by atoms with Crippen molar-refractivity contribution in [2.75, 3.05) is 14.1 Å². The van der Waals surface area contributed by atoms with Gasteiger partial charge in [0, 0.05) is 14.1 Å². The molecule has 1 amide bonds. The number of nitrogens with zero attached hydrogens (tertiary/aromatic N) is 2. The van der Waals surface area contributed by atoms with E-state index in [0.29, 0.717) is 0 Å². The van der Waals surface area contributed by atoms with Gasteiger partial charge in [0.05, 0.1) is 6.34 Å². The van der Waals surface area contributed by atoms with Crippen LogP contribution >= 0.6 is 0 Å². The Hall–Kier alpha value is -1.07. The lowest BCUT2D eigenvalue weighted by atomic mass is 10.1. The van der Waals surface area contributed by atoms with E-state index >= 15 is 0 Å². The number of hydrogen-bond donors (Lipinski definition) is 0. The summed E-state index contributed by atoms with van der Waals surface area (Å²) in [5.74, 6) is -1.08. The second-order valence-electron chi connectivity index (χ2n) is 3.59. The highest BCUT2D eigenvalue weighted by Gasteiger charge is 2.68. The molecule has 1 fully saturated rings. The number of rotatable bonds is 2. The first-order chi connectivity index (χ1) is 6.29. The molecule has 1 saturated carbocycles. The van der Waals surface area contributed by atoms with Crippen LogP contribution in [0.3, 0.4) is 0 Å². The molecule has 0 aliphatic heterocycles. The Kier molecular flexibility index (Phi) is 2.56. The van der Waals surface area contributed by atoms with Gasteiger partial charge in [0.2, 0.25) is 0 Å². The van der Waals surface area contributed by atoms with Crippen molar-refractivity contribution < 1.29 is 18.0 Å². The Morgan fingerprint density at radius 3 is 2.21 bits per heavy atom. The molecule has 0 saturated heterocycles. The third-order valence-corrected chi connectivity index (χ3v) is 2.11. The largest absolute Gasteiger partial charge is 0.403 e. The molecule has 1 rings (SSSR count). The summed E-state index contributed by atoms with van der Waals surface area (Å²) in [5, 5.41) is 0. The summed E-state index contributed by atoms with van der Waals surface area (Å²) in [4.78, 5) is 15.8. The van der Waals surface area contributed by atoms with Gasteiger partial charge in [-0.25, -0.2) is 4.99 Å². The molecular formula is C8H11F3N2O. The van der Waals surface area contributed by atoms with Crippen molar-refractivity contribution in [2.24, 2.45) is 10.4 Å². The average molecular weight is 208 g/mol. The molecule has 14 heavy (non-hydrogen) atoms. The predicted molar refractivity (Wildman–Crippen MR) is 44.9 cm³/mol. The standard InChI is InChI=1S/C8H11F3N2O/c1-13(2)5-12-6(14)7(3-4-7)8(9,10)11/h5H,3-4H2,1-2H3. The van der Waals surface area contributed by atoms with Crippen LogP contribution in [0.1, 0.15) is 12.8 Å². The Bertz CT molecular complexity index is 266. The molecule has 0 spiro atoms. The van der Waals surface area contributed by atoms with E-state index < -0.39 is 17.5 Å². The summed E-state index contributed by atoms with van der Waals surface area (Å²) in [5.41, 5.74) is -2.18. The Balaban J connectivity index is 2.71. The van der Waals surface area contributed by atoms with Crippen LogP contribution in [-0.2, 0) is 4.79 Å². The molecule has 80 valence electrons. The maximum atomic E-state index is 12.4. The van der Waals surface area contributed by atoms with Gasteiger partial charge in [-0.05, 0) is 12.8 Å². The first kappa shape index (κ1) is 11.0. The lowest BCUT2D eigenvalue weighted by molar-refractivity contribution is -0.190. The van der Waals surface area contributed by atoms with Crippen LogP contribution in [0.25, 0.3) is 0 Å². The third kappa shape index (κ3) is 1.88. The number of amides is 1. The van der Waals surface area contributed by atoms with Gasteiger partial charge in [0.1, 0.15) is 5.41 Å². The molecule has 0 N–H and O–H groups in total. The lowest BCUT2D eigenvalue weighted by Crippen LogP contribution is -2.32. The zero-order valence-electron chi connectivity index (χ0n) is 7.93. The van der Waals surface area contributed by atoms with Crippen molar-refractivity contribution in [3.63, 3.8) is 0 Å². The molecule has 1 aliphatic carbocycles. The average Bonchev–Trinajstić information content (AvgIpc) is 2.77. The molecule has 0 bridgehead atoms. The highest BCUT2D eigenvalue weighted by Crippen LogP contribution is 2.58. The number of aliphatic imine (C=N–C) groups is 1. The van der Waals surface area contributed by atoms with Gasteiger partial charge in [-0.1, -0.05) is 0 Å². The van der Waals surface area contributed by atoms with Gasteiger partial charge in [0.15, 0.2) is 0 Å². The summed E-state index contributed by atoms with van der Waals surface area (Å²) >= 11 is 0. The SMILES string of the molecule is CN(C)C=NC(=O)C1(C(F)(F)F)CC1. The van der Waals surface area contributed by atoms with Gasteiger partial charge in [-0.2, -0.15) is 13.2 Å². The van der Waals surface area contributed by atoms with Gasteiger partial charge < -0.3 is 4.90 Å². The topological polar surface area (TPSA) is 32.7 Å². The van der Waals surface area contributed by atoms with E-state index in [4.69, 9.17) is 0 Å². The van der Waals surface area contributed by atoms with E-state index in [1.807, 2.05) is 0 Å². The summed E-state index contributed by atoms with van der Waals surface area (Å²) in [6, 6.07) is 0. The van der Waals surface area contributed by atoms with Crippen molar-refractivity contribution >= 4 is 12.2 Å².